The molecule has 0 radical (unpaired) electrons. The summed E-state index contributed by atoms with van der Waals surface area (Å²) in [6.45, 7) is 4.61. The molecule has 3 nitrogen and oxygen atoms in total. The number of hydrogen-bond acceptors (Lipinski definition) is 2. The molecule has 23 heavy (non-hydrogen) atoms. The van der Waals surface area contributed by atoms with E-state index in [9.17, 15) is 4.79 Å². The van der Waals surface area contributed by atoms with Crippen molar-refractivity contribution in [1.82, 2.24) is 5.32 Å². The number of rotatable bonds is 7. The largest absolute Gasteiger partial charge is 0.450 e. The first kappa shape index (κ1) is 17.1. The standard InChI is InChI=1S/C20H25NO2/c1-3-4-14-23-20(22)21-19(18-8-6-5-7-9-18)15-17-12-10-16(2)11-13-17/h5-13,19H,3-4,14-15H2,1-2H3,(H,21,22). The second-order valence-corrected chi connectivity index (χ2v) is 5.79. The third-order valence-electron chi connectivity index (χ3n) is 3.79. The maximum atomic E-state index is 12.0. The van der Waals surface area contributed by atoms with Crippen LogP contribution in [0.3, 0.4) is 0 Å². The lowest BCUT2D eigenvalue weighted by Gasteiger charge is -2.19. The molecule has 1 amide bonds. The van der Waals surface area contributed by atoms with E-state index in [1.807, 2.05) is 30.3 Å². The molecule has 3 heteroatoms. The minimum Gasteiger partial charge on any atom is -0.450 e. The topological polar surface area (TPSA) is 38.3 Å². The van der Waals surface area contributed by atoms with E-state index in [4.69, 9.17) is 4.74 Å². The van der Waals surface area contributed by atoms with Crippen LogP contribution in [0.25, 0.3) is 0 Å². The molecule has 0 aliphatic heterocycles. The van der Waals surface area contributed by atoms with Gasteiger partial charge in [-0.05, 0) is 30.9 Å². The second kappa shape index (κ2) is 8.99. The van der Waals surface area contributed by atoms with Crippen molar-refractivity contribution in [2.24, 2.45) is 0 Å². The lowest BCUT2D eigenvalue weighted by molar-refractivity contribution is 0.140. The Morgan fingerprint density at radius 3 is 2.43 bits per heavy atom. The summed E-state index contributed by atoms with van der Waals surface area (Å²) in [5.41, 5.74) is 3.51. The first-order chi connectivity index (χ1) is 11.2. The molecule has 2 rings (SSSR count). The summed E-state index contributed by atoms with van der Waals surface area (Å²) < 4.78 is 5.24. The number of carbonyl (C=O) groups is 1. The molecule has 0 aromatic heterocycles. The molecule has 0 spiro atoms. The Balaban J connectivity index is 2.06. The molecule has 0 bridgehead atoms. The number of carbonyl (C=O) groups excluding carboxylic acids is 1. The molecule has 1 atom stereocenters. The van der Waals surface area contributed by atoms with Crippen LogP contribution in [0, 0.1) is 6.92 Å². The van der Waals surface area contributed by atoms with Gasteiger partial charge < -0.3 is 10.1 Å². The Morgan fingerprint density at radius 1 is 1.09 bits per heavy atom. The third-order valence-corrected chi connectivity index (χ3v) is 3.79. The molecule has 0 aliphatic carbocycles. The number of aryl methyl sites for hydroxylation is 1. The highest BCUT2D eigenvalue weighted by atomic mass is 16.5. The van der Waals surface area contributed by atoms with Crippen molar-refractivity contribution >= 4 is 6.09 Å². The van der Waals surface area contributed by atoms with E-state index in [1.54, 1.807) is 0 Å². The predicted octanol–water partition coefficient (Wildman–Crippen LogP) is 4.81. The van der Waals surface area contributed by atoms with Crippen molar-refractivity contribution in [3.05, 3.63) is 71.3 Å². The Bertz CT molecular complexity index is 593. The fourth-order valence-corrected chi connectivity index (χ4v) is 2.39. The van der Waals surface area contributed by atoms with Crippen LogP contribution < -0.4 is 5.32 Å². The quantitative estimate of drug-likeness (QED) is 0.746. The molecule has 1 N–H and O–H groups in total. The molecule has 1 unspecified atom stereocenters. The van der Waals surface area contributed by atoms with E-state index < -0.39 is 0 Å². The lowest BCUT2D eigenvalue weighted by Crippen LogP contribution is -2.30. The van der Waals surface area contributed by atoms with Crippen molar-refractivity contribution in [2.45, 2.75) is 39.2 Å². The van der Waals surface area contributed by atoms with Gasteiger partial charge in [-0.1, -0.05) is 73.5 Å². The molecule has 0 heterocycles. The van der Waals surface area contributed by atoms with Crippen LogP contribution >= 0.6 is 0 Å². The van der Waals surface area contributed by atoms with Crippen molar-refractivity contribution in [2.75, 3.05) is 6.61 Å². The molecule has 0 aliphatic rings. The van der Waals surface area contributed by atoms with E-state index in [1.165, 1.54) is 11.1 Å². The number of nitrogens with one attached hydrogen (secondary N) is 1. The smallest absolute Gasteiger partial charge is 0.407 e. The number of unbranched alkanes of at least 4 members (excludes halogenated alkanes) is 1. The van der Waals surface area contributed by atoms with Crippen LogP contribution in [-0.4, -0.2) is 12.7 Å². The van der Waals surface area contributed by atoms with E-state index >= 15 is 0 Å². The van der Waals surface area contributed by atoms with Crippen LogP contribution in [-0.2, 0) is 11.2 Å². The van der Waals surface area contributed by atoms with E-state index in [0.29, 0.717) is 6.61 Å². The first-order valence-electron chi connectivity index (χ1n) is 8.23. The molecule has 0 saturated heterocycles. The maximum Gasteiger partial charge on any atom is 0.407 e. The van der Waals surface area contributed by atoms with Crippen LogP contribution in [0.1, 0.15) is 42.5 Å². The number of ether oxygens (including phenoxy) is 1. The van der Waals surface area contributed by atoms with Gasteiger partial charge in [0.1, 0.15) is 0 Å². The van der Waals surface area contributed by atoms with E-state index in [-0.39, 0.29) is 12.1 Å². The van der Waals surface area contributed by atoms with Gasteiger partial charge in [-0.25, -0.2) is 4.79 Å². The molecule has 0 saturated carbocycles. The minimum absolute atomic E-state index is 0.0898. The fourth-order valence-electron chi connectivity index (χ4n) is 2.39. The maximum absolute atomic E-state index is 12.0. The van der Waals surface area contributed by atoms with Gasteiger partial charge in [0.15, 0.2) is 0 Å². The molecular formula is C20H25NO2. The van der Waals surface area contributed by atoms with Crippen LogP contribution in [0.2, 0.25) is 0 Å². The van der Waals surface area contributed by atoms with Crippen LogP contribution in [0.5, 0.6) is 0 Å². The fraction of sp³-hybridized carbons (Fsp3) is 0.350. The summed E-state index contributed by atoms with van der Waals surface area (Å²) in [5.74, 6) is 0. The third kappa shape index (κ3) is 5.78. The van der Waals surface area contributed by atoms with Crippen LogP contribution in [0.15, 0.2) is 54.6 Å². The molecule has 2 aromatic carbocycles. The average molecular weight is 311 g/mol. The highest BCUT2D eigenvalue weighted by molar-refractivity contribution is 5.68. The Hall–Kier alpha value is -2.29. The van der Waals surface area contributed by atoms with Crippen molar-refractivity contribution in [1.29, 1.82) is 0 Å². The molecule has 122 valence electrons. The van der Waals surface area contributed by atoms with Gasteiger partial charge in [0.25, 0.3) is 0 Å². The average Bonchev–Trinajstić information content (AvgIpc) is 2.57. The summed E-state index contributed by atoms with van der Waals surface area (Å²) >= 11 is 0. The van der Waals surface area contributed by atoms with Crippen molar-refractivity contribution in [3.63, 3.8) is 0 Å². The highest BCUT2D eigenvalue weighted by Crippen LogP contribution is 2.19. The van der Waals surface area contributed by atoms with Gasteiger partial charge in [0.2, 0.25) is 0 Å². The summed E-state index contributed by atoms with van der Waals surface area (Å²) in [4.78, 5) is 12.0. The minimum atomic E-state index is -0.348. The lowest BCUT2D eigenvalue weighted by atomic mass is 9.98. The summed E-state index contributed by atoms with van der Waals surface area (Å²) in [7, 11) is 0. The highest BCUT2D eigenvalue weighted by Gasteiger charge is 2.16. The summed E-state index contributed by atoms with van der Waals surface area (Å²) in [6.07, 6.45) is 2.30. The summed E-state index contributed by atoms with van der Waals surface area (Å²) in [6, 6.07) is 18.3. The molecular weight excluding hydrogens is 286 g/mol. The van der Waals surface area contributed by atoms with E-state index in [2.05, 4.69) is 43.4 Å². The second-order valence-electron chi connectivity index (χ2n) is 5.79. The zero-order chi connectivity index (χ0) is 16.5. The van der Waals surface area contributed by atoms with Gasteiger partial charge in [-0.15, -0.1) is 0 Å². The normalized spacial score (nSPS) is 11.7. The number of hydrogen-bond donors (Lipinski definition) is 1. The molecule has 0 fully saturated rings. The van der Waals surface area contributed by atoms with Gasteiger partial charge >= 0.3 is 6.09 Å². The SMILES string of the molecule is CCCCOC(=O)NC(Cc1ccc(C)cc1)c1ccccc1. The Kier molecular flexibility index (Phi) is 6.67. The van der Waals surface area contributed by atoms with Gasteiger partial charge in [0.05, 0.1) is 12.6 Å². The van der Waals surface area contributed by atoms with Gasteiger partial charge in [-0.2, -0.15) is 0 Å². The van der Waals surface area contributed by atoms with Crippen LogP contribution in [0.4, 0.5) is 4.79 Å². The molecule has 2 aromatic rings. The Morgan fingerprint density at radius 2 is 1.78 bits per heavy atom. The van der Waals surface area contributed by atoms with Crippen molar-refractivity contribution < 1.29 is 9.53 Å². The number of benzene rings is 2. The van der Waals surface area contributed by atoms with Gasteiger partial charge in [-0.3, -0.25) is 0 Å². The van der Waals surface area contributed by atoms with E-state index in [0.717, 1.165) is 24.8 Å². The van der Waals surface area contributed by atoms with Gasteiger partial charge in [0, 0.05) is 0 Å². The monoisotopic (exact) mass is 311 g/mol. The summed E-state index contributed by atoms with van der Waals surface area (Å²) in [5, 5.41) is 2.99. The zero-order valence-corrected chi connectivity index (χ0v) is 13.9. The number of amides is 1. The first-order valence-corrected chi connectivity index (χ1v) is 8.23. The zero-order valence-electron chi connectivity index (χ0n) is 13.9. The number of alkyl carbamates (subject to hydrolysis) is 1. The van der Waals surface area contributed by atoms with Crippen molar-refractivity contribution in [3.8, 4) is 0 Å². The predicted molar refractivity (Wildman–Crippen MR) is 93.5 cm³/mol. The Labute approximate surface area is 138 Å².